The summed E-state index contributed by atoms with van der Waals surface area (Å²) in [5.41, 5.74) is -1.09. The van der Waals surface area contributed by atoms with Crippen LogP contribution in [0, 0.1) is 17.8 Å². The molecule has 3 saturated heterocycles. The van der Waals surface area contributed by atoms with E-state index >= 15 is 0 Å². The zero-order chi connectivity index (χ0) is 28.2. The average molecular weight is 539 g/mol. The molecule has 1 N–H and O–H groups in total. The normalized spacial score (nSPS) is 30.7. The SMILES string of the molecule is C=CCCCCOC(=O)[C@H]1[C@H]2C(=O)N(CCCO)C(C(=O)N(CC=C)Cc3ccccc3)C23CC(C)[C@]1(C)O3. The summed E-state index contributed by atoms with van der Waals surface area (Å²) in [6.45, 7) is 12.5. The van der Waals surface area contributed by atoms with Crippen molar-refractivity contribution in [3.8, 4) is 0 Å². The first-order valence-electron chi connectivity index (χ1n) is 14.1. The number of aliphatic hydroxyl groups is 1. The van der Waals surface area contributed by atoms with Crippen molar-refractivity contribution in [1.29, 1.82) is 0 Å². The van der Waals surface area contributed by atoms with Crippen molar-refractivity contribution >= 4 is 17.8 Å². The minimum absolute atomic E-state index is 0.0602. The Bertz CT molecular complexity index is 1080. The molecule has 8 nitrogen and oxygen atoms in total. The Kier molecular flexibility index (Phi) is 8.96. The van der Waals surface area contributed by atoms with Gasteiger partial charge in [0.05, 0.1) is 18.1 Å². The number of ether oxygens (including phenoxy) is 2. The van der Waals surface area contributed by atoms with Crippen LogP contribution in [0.1, 0.15) is 51.5 Å². The number of carbonyl (C=O) groups is 3. The molecule has 0 radical (unpaired) electrons. The molecule has 3 heterocycles. The van der Waals surface area contributed by atoms with E-state index in [2.05, 4.69) is 13.2 Å². The maximum Gasteiger partial charge on any atom is 0.312 e. The van der Waals surface area contributed by atoms with Gasteiger partial charge in [-0.1, -0.05) is 49.4 Å². The predicted octanol–water partition coefficient (Wildman–Crippen LogP) is 3.49. The van der Waals surface area contributed by atoms with Crippen LogP contribution in [0.3, 0.4) is 0 Å². The van der Waals surface area contributed by atoms with Gasteiger partial charge in [0.25, 0.3) is 0 Å². The lowest BCUT2D eigenvalue weighted by atomic mass is 9.62. The van der Waals surface area contributed by atoms with E-state index in [9.17, 15) is 19.5 Å². The summed E-state index contributed by atoms with van der Waals surface area (Å²) < 4.78 is 12.4. The first kappa shape index (κ1) is 29.0. The van der Waals surface area contributed by atoms with Crippen molar-refractivity contribution < 1.29 is 29.0 Å². The van der Waals surface area contributed by atoms with Crippen LogP contribution in [-0.2, 0) is 30.4 Å². The van der Waals surface area contributed by atoms with Crippen molar-refractivity contribution in [1.82, 2.24) is 9.80 Å². The van der Waals surface area contributed by atoms with Crippen molar-refractivity contribution in [3.63, 3.8) is 0 Å². The molecule has 0 aliphatic carbocycles. The highest BCUT2D eigenvalue weighted by atomic mass is 16.6. The molecule has 1 aromatic rings. The fourth-order valence-corrected chi connectivity index (χ4v) is 6.88. The summed E-state index contributed by atoms with van der Waals surface area (Å²) in [5, 5.41) is 9.58. The Morgan fingerprint density at radius 3 is 2.62 bits per heavy atom. The Morgan fingerprint density at radius 2 is 1.95 bits per heavy atom. The predicted molar refractivity (Wildman–Crippen MR) is 147 cm³/mol. The van der Waals surface area contributed by atoms with E-state index < -0.39 is 35.0 Å². The second kappa shape index (κ2) is 12.0. The molecular formula is C31H42N2O6. The smallest absolute Gasteiger partial charge is 0.312 e. The lowest BCUT2D eigenvalue weighted by Gasteiger charge is -2.37. The highest BCUT2D eigenvalue weighted by Crippen LogP contribution is 2.65. The van der Waals surface area contributed by atoms with E-state index in [4.69, 9.17) is 9.47 Å². The van der Waals surface area contributed by atoms with Gasteiger partial charge < -0.3 is 24.4 Å². The number of fused-ring (bicyclic) bond motifs is 1. The van der Waals surface area contributed by atoms with Crippen molar-refractivity contribution in [3.05, 3.63) is 61.2 Å². The fraction of sp³-hybridized carbons (Fsp3) is 0.581. The zero-order valence-corrected chi connectivity index (χ0v) is 23.2. The van der Waals surface area contributed by atoms with Gasteiger partial charge in [0.2, 0.25) is 11.8 Å². The molecule has 3 unspecified atom stereocenters. The number of rotatable bonds is 14. The van der Waals surface area contributed by atoms with Crippen LogP contribution in [0.25, 0.3) is 0 Å². The Morgan fingerprint density at radius 1 is 1.21 bits per heavy atom. The molecule has 1 aromatic carbocycles. The third kappa shape index (κ3) is 5.16. The topological polar surface area (TPSA) is 96.4 Å². The van der Waals surface area contributed by atoms with E-state index in [0.717, 1.165) is 18.4 Å². The molecule has 39 heavy (non-hydrogen) atoms. The van der Waals surface area contributed by atoms with Crippen LogP contribution < -0.4 is 0 Å². The second-order valence-corrected chi connectivity index (χ2v) is 11.3. The van der Waals surface area contributed by atoms with Crippen LogP contribution >= 0.6 is 0 Å². The van der Waals surface area contributed by atoms with Crippen molar-refractivity contribution in [2.45, 2.75) is 69.7 Å². The number of unbranched alkanes of at least 4 members (excludes halogenated alkanes) is 2. The molecule has 0 aromatic heterocycles. The average Bonchev–Trinajstić information content (AvgIpc) is 3.43. The second-order valence-electron chi connectivity index (χ2n) is 11.3. The quantitative estimate of drug-likeness (QED) is 0.221. The van der Waals surface area contributed by atoms with Crippen LogP contribution in [0.2, 0.25) is 0 Å². The Hall–Kier alpha value is -2.97. The summed E-state index contributed by atoms with van der Waals surface area (Å²) in [6.07, 6.45) is 6.74. The Labute approximate surface area is 231 Å². The van der Waals surface area contributed by atoms with Crippen LogP contribution in [-0.4, -0.2) is 76.2 Å². The Balaban J connectivity index is 1.67. The molecule has 2 bridgehead atoms. The number of esters is 1. The number of benzene rings is 1. The summed E-state index contributed by atoms with van der Waals surface area (Å²) in [7, 11) is 0. The number of amides is 2. The third-order valence-corrected chi connectivity index (χ3v) is 8.78. The van der Waals surface area contributed by atoms with Crippen LogP contribution in [0.15, 0.2) is 55.6 Å². The number of hydrogen-bond acceptors (Lipinski definition) is 6. The van der Waals surface area contributed by atoms with Gasteiger partial charge in [-0.2, -0.15) is 0 Å². The minimum Gasteiger partial charge on any atom is -0.465 e. The molecule has 6 atom stereocenters. The molecule has 3 fully saturated rings. The molecule has 8 heteroatoms. The van der Waals surface area contributed by atoms with Crippen LogP contribution in [0.5, 0.6) is 0 Å². The van der Waals surface area contributed by atoms with Crippen molar-refractivity contribution in [2.75, 3.05) is 26.3 Å². The minimum atomic E-state index is -1.14. The van der Waals surface area contributed by atoms with Gasteiger partial charge >= 0.3 is 5.97 Å². The maximum absolute atomic E-state index is 14.4. The molecule has 0 saturated carbocycles. The number of hydrogen-bond donors (Lipinski definition) is 1. The lowest BCUT2D eigenvalue weighted by molar-refractivity contribution is -0.162. The highest BCUT2D eigenvalue weighted by Gasteiger charge is 2.80. The maximum atomic E-state index is 14.4. The highest BCUT2D eigenvalue weighted by molar-refractivity contribution is 5.98. The fourth-order valence-electron chi connectivity index (χ4n) is 6.88. The largest absolute Gasteiger partial charge is 0.465 e. The first-order chi connectivity index (χ1) is 18.7. The van der Waals surface area contributed by atoms with Gasteiger partial charge in [0, 0.05) is 26.2 Å². The summed E-state index contributed by atoms with van der Waals surface area (Å²) in [5.74, 6) is -2.62. The van der Waals surface area contributed by atoms with Gasteiger partial charge in [0.15, 0.2) is 0 Å². The lowest BCUT2D eigenvalue weighted by Crippen LogP contribution is -2.56. The van der Waals surface area contributed by atoms with Gasteiger partial charge in [-0.3, -0.25) is 14.4 Å². The van der Waals surface area contributed by atoms with E-state index in [1.807, 2.05) is 50.3 Å². The van der Waals surface area contributed by atoms with E-state index in [-0.39, 0.29) is 37.5 Å². The summed E-state index contributed by atoms with van der Waals surface area (Å²) in [4.78, 5) is 45.2. The van der Waals surface area contributed by atoms with Crippen molar-refractivity contribution in [2.24, 2.45) is 17.8 Å². The molecular weight excluding hydrogens is 496 g/mol. The molecule has 212 valence electrons. The van der Waals surface area contributed by atoms with Gasteiger partial charge in [-0.15, -0.1) is 13.2 Å². The van der Waals surface area contributed by atoms with Crippen LogP contribution in [0.4, 0.5) is 0 Å². The number of nitrogens with zero attached hydrogens (tertiary/aromatic N) is 2. The van der Waals surface area contributed by atoms with Gasteiger partial charge in [0.1, 0.15) is 17.6 Å². The number of likely N-dealkylation sites (tertiary alicyclic amines) is 1. The van der Waals surface area contributed by atoms with E-state index in [1.54, 1.807) is 15.9 Å². The summed E-state index contributed by atoms with van der Waals surface area (Å²) >= 11 is 0. The van der Waals surface area contributed by atoms with E-state index in [0.29, 0.717) is 32.4 Å². The zero-order valence-electron chi connectivity index (χ0n) is 23.2. The molecule has 3 aliphatic rings. The molecule has 3 aliphatic heterocycles. The summed E-state index contributed by atoms with van der Waals surface area (Å²) in [6, 6.07) is 8.77. The third-order valence-electron chi connectivity index (χ3n) is 8.78. The molecule has 2 amide bonds. The standard InChI is InChI=1S/C31H42N2O6/c1-5-7-8-12-19-38-29(37)25-24-27(35)33(17-13-18-34)26(31(24)20-22(3)30(25,4)39-31)28(36)32(16-6-2)21-23-14-10-9-11-15-23/h5-6,9-11,14-15,22,24-26,34H,1-2,7-8,12-13,16-21H2,3-4H3/t22?,24-,25+,26?,30-,31?/m0/s1. The van der Waals surface area contributed by atoms with E-state index in [1.165, 1.54) is 0 Å². The van der Waals surface area contributed by atoms with Gasteiger partial charge in [-0.25, -0.2) is 0 Å². The first-order valence-corrected chi connectivity index (χ1v) is 14.1. The molecule has 4 rings (SSSR count). The number of allylic oxidation sites excluding steroid dienone is 1. The molecule has 1 spiro atoms. The number of carbonyl (C=O) groups excluding carboxylic acids is 3. The number of aliphatic hydroxyl groups excluding tert-OH is 1. The monoisotopic (exact) mass is 538 g/mol. The van der Waals surface area contributed by atoms with Gasteiger partial charge in [-0.05, 0) is 50.5 Å².